The predicted molar refractivity (Wildman–Crippen MR) is 84.1 cm³/mol. The number of rotatable bonds is 4. The number of hydrogen-bond donors (Lipinski definition) is 2. The first-order valence-electron chi connectivity index (χ1n) is 6.17. The van der Waals surface area contributed by atoms with Crippen LogP contribution in [0.5, 0.6) is 0 Å². The van der Waals surface area contributed by atoms with Crippen molar-refractivity contribution < 1.29 is 4.39 Å². The highest BCUT2D eigenvalue weighted by molar-refractivity contribution is 9.10. The van der Waals surface area contributed by atoms with Crippen molar-refractivity contribution >= 4 is 27.5 Å². The van der Waals surface area contributed by atoms with Gasteiger partial charge in [0.15, 0.2) is 0 Å². The molecule has 106 valence electrons. The second-order valence-electron chi connectivity index (χ2n) is 4.67. The smallest absolute Gasteiger partial charge is 0.123 e. The van der Waals surface area contributed by atoms with Crippen LogP contribution in [-0.2, 0) is 6.42 Å². The molecule has 2 aromatic carbocycles. The Morgan fingerprint density at radius 3 is 2.70 bits per heavy atom. The van der Waals surface area contributed by atoms with E-state index in [0.29, 0.717) is 11.4 Å². The van der Waals surface area contributed by atoms with Crippen molar-refractivity contribution in [2.45, 2.75) is 19.4 Å². The Morgan fingerprint density at radius 1 is 1.30 bits per heavy atom. The Hall–Kier alpha value is -0.940. The first kappa shape index (κ1) is 15.4. The minimum atomic E-state index is -0.237. The van der Waals surface area contributed by atoms with Crippen LogP contribution in [0.15, 0.2) is 40.9 Å². The topological polar surface area (TPSA) is 38.0 Å². The lowest BCUT2D eigenvalue weighted by Gasteiger charge is -2.18. The fourth-order valence-corrected chi connectivity index (χ4v) is 2.60. The molecule has 0 spiro atoms. The lowest BCUT2D eigenvalue weighted by molar-refractivity contribution is 0.547. The van der Waals surface area contributed by atoms with Crippen molar-refractivity contribution in [3.63, 3.8) is 0 Å². The van der Waals surface area contributed by atoms with Crippen molar-refractivity contribution in [2.75, 3.05) is 0 Å². The van der Waals surface area contributed by atoms with E-state index >= 15 is 0 Å². The van der Waals surface area contributed by atoms with Crippen LogP contribution in [0, 0.1) is 12.7 Å². The largest absolute Gasteiger partial charge is 0.271 e. The van der Waals surface area contributed by atoms with Gasteiger partial charge >= 0.3 is 0 Å². The van der Waals surface area contributed by atoms with Crippen molar-refractivity contribution in [3.8, 4) is 0 Å². The molecule has 20 heavy (non-hydrogen) atoms. The molecule has 2 rings (SSSR count). The van der Waals surface area contributed by atoms with E-state index in [1.165, 1.54) is 6.07 Å². The summed E-state index contributed by atoms with van der Waals surface area (Å²) < 4.78 is 14.2. The van der Waals surface area contributed by atoms with Gasteiger partial charge in [0.05, 0.1) is 11.1 Å². The van der Waals surface area contributed by atoms with Crippen LogP contribution in [0.2, 0.25) is 5.02 Å². The zero-order valence-corrected chi connectivity index (χ0v) is 13.3. The Balaban J connectivity index is 2.28. The fraction of sp³-hybridized carbons (Fsp3) is 0.200. The highest BCUT2D eigenvalue weighted by atomic mass is 79.9. The number of hydrazine groups is 1. The minimum Gasteiger partial charge on any atom is -0.271 e. The lowest BCUT2D eigenvalue weighted by atomic mass is 9.96. The Kier molecular flexibility index (Phi) is 5.16. The summed E-state index contributed by atoms with van der Waals surface area (Å²) in [4.78, 5) is 0. The first-order chi connectivity index (χ1) is 9.51. The molecule has 0 radical (unpaired) electrons. The summed E-state index contributed by atoms with van der Waals surface area (Å²) in [7, 11) is 0. The van der Waals surface area contributed by atoms with E-state index in [4.69, 9.17) is 17.4 Å². The van der Waals surface area contributed by atoms with Crippen LogP contribution in [0.3, 0.4) is 0 Å². The number of nitrogens with two attached hydrogens (primary N) is 1. The third-order valence-electron chi connectivity index (χ3n) is 3.28. The fourth-order valence-electron chi connectivity index (χ4n) is 2.08. The van der Waals surface area contributed by atoms with E-state index in [1.54, 1.807) is 12.1 Å². The van der Waals surface area contributed by atoms with Crippen LogP contribution in [0.4, 0.5) is 4.39 Å². The molecule has 0 aromatic heterocycles. The van der Waals surface area contributed by atoms with Crippen LogP contribution < -0.4 is 11.3 Å². The van der Waals surface area contributed by atoms with E-state index in [2.05, 4.69) is 21.4 Å². The Morgan fingerprint density at radius 2 is 2.05 bits per heavy atom. The molecule has 0 heterocycles. The Bertz CT molecular complexity index is 619. The summed E-state index contributed by atoms with van der Waals surface area (Å²) in [5.41, 5.74) is 5.74. The summed E-state index contributed by atoms with van der Waals surface area (Å²) in [5.74, 6) is 5.40. The summed E-state index contributed by atoms with van der Waals surface area (Å²) in [6.07, 6.45) is 0.605. The SMILES string of the molecule is Cc1ccc(F)cc1CC(NN)c1ccc(Cl)c(Br)c1. The van der Waals surface area contributed by atoms with Gasteiger partial charge in [0.1, 0.15) is 5.82 Å². The molecule has 0 saturated carbocycles. The average Bonchev–Trinajstić information content (AvgIpc) is 2.43. The molecule has 2 nitrogen and oxygen atoms in total. The van der Waals surface area contributed by atoms with Gasteiger partial charge in [-0.3, -0.25) is 11.3 Å². The summed E-state index contributed by atoms with van der Waals surface area (Å²) in [5, 5.41) is 0.645. The van der Waals surface area contributed by atoms with Gasteiger partial charge in [-0.1, -0.05) is 23.7 Å². The monoisotopic (exact) mass is 356 g/mol. The molecule has 0 fully saturated rings. The van der Waals surface area contributed by atoms with Crippen LogP contribution in [-0.4, -0.2) is 0 Å². The maximum atomic E-state index is 13.3. The van der Waals surface area contributed by atoms with E-state index in [1.807, 2.05) is 25.1 Å². The van der Waals surface area contributed by atoms with Crippen molar-refractivity contribution in [2.24, 2.45) is 5.84 Å². The van der Waals surface area contributed by atoms with Crippen LogP contribution >= 0.6 is 27.5 Å². The quantitative estimate of drug-likeness (QED) is 0.632. The van der Waals surface area contributed by atoms with Crippen molar-refractivity contribution in [1.82, 2.24) is 5.43 Å². The van der Waals surface area contributed by atoms with Crippen molar-refractivity contribution in [3.05, 3.63) is 68.4 Å². The van der Waals surface area contributed by atoms with Crippen LogP contribution in [0.1, 0.15) is 22.7 Å². The van der Waals surface area contributed by atoms with E-state index in [0.717, 1.165) is 21.2 Å². The molecule has 0 amide bonds. The van der Waals surface area contributed by atoms with Gasteiger partial charge < -0.3 is 0 Å². The number of nitrogens with one attached hydrogen (secondary N) is 1. The standard InChI is InChI=1S/C15H15BrClFN2/c1-9-2-4-12(18)6-11(9)8-15(20-19)10-3-5-14(17)13(16)7-10/h2-7,15,20H,8,19H2,1H3. The highest BCUT2D eigenvalue weighted by Crippen LogP contribution is 2.28. The lowest BCUT2D eigenvalue weighted by Crippen LogP contribution is -2.29. The van der Waals surface area contributed by atoms with Gasteiger partial charge in [0.25, 0.3) is 0 Å². The first-order valence-corrected chi connectivity index (χ1v) is 7.34. The van der Waals surface area contributed by atoms with Crippen molar-refractivity contribution in [1.29, 1.82) is 0 Å². The molecule has 3 N–H and O–H groups in total. The second kappa shape index (κ2) is 6.68. The number of hydrogen-bond acceptors (Lipinski definition) is 2. The van der Waals surface area contributed by atoms with Gasteiger partial charge in [-0.25, -0.2) is 4.39 Å². The highest BCUT2D eigenvalue weighted by Gasteiger charge is 2.13. The van der Waals surface area contributed by atoms with Gasteiger partial charge in [0.2, 0.25) is 0 Å². The van der Waals surface area contributed by atoms with Gasteiger partial charge in [-0.15, -0.1) is 0 Å². The predicted octanol–water partition coefficient (Wildman–Crippen LogP) is 4.30. The zero-order valence-electron chi connectivity index (χ0n) is 11.0. The molecule has 1 atom stereocenters. The third-order valence-corrected chi connectivity index (χ3v) is 4.50. The van der Waals surface area contributed by atoms with Crippen LogP contribution in [0.25, 0.3) is 0 Å². The van der Waals surface area contributed by atoms with E-state index in [9.17, 15) is 4.39 Å². The maximum absolute atomic E-state index is 13.3. The average molecular weight is 358 g/mol. The third kappa shape index (κ3) is 3.58. The summed E-state index contributed by atoms with van der Waals surface area (Å²) >= 11 is 9.38. The molecular weight excluding hydrogens is 343 g/mol. The molecule has 0 aliphatic heterocycles. The zero-order chi connectivity index (χ0) is 14.7. The molecular formula is C15H15BrClFN2. The minimum absolute atomic E-state index is 0.107. The van der Waals surface area contributed by atoms with Gasteiger partial charge in [-0.2, -0.15) is 0 Å². The molecule has 1 unspecified atom stereocenters. The molecule has 2 aromatic rings. The molecule has 0 aliphatic rings. The van der Waals surface area contributed by atoms with Gasteiger partial charge in [-0.05, 0) is 70.2 Å². The number of halogens is 3. The maximum Gasteiger partial charge on any atom is 0.123 e. The second-order valence-corrected chi connectivity index (χ2v) is 5.93. The molecule has 0 saturated heterocycles. The van der Waals surface area contributed by atoms with E-state index < -0.39 is 0 Å². The van der Waals surface area contributed by atoms with E-state index in [-0.39, 0.29) is 11.9 Å². The number of aryl methyl sites for hydroxylation is 1. The summed E-state index contributed by atoms with van der Waals surface area (Å²) in [6.45, 7) is 1.96. The van der Waals surface area contributed by atoms with Gasteiger partial charge in [0, 0.05) is 4.47 Å². The molecule has 5 heteroatoms. The molecule has 0 bridgehead atoms. The summed E-state index contributed by atoms with van der Waals surface area (Å²) in [6, 6.07) is 10.3. The Labute approximate surface area is 131 Å². The normalized spacial score (nSPS) is 12.4. The molecule has 0 aliphatic carbocycles. The number of benzene rings is 2.